The molecule has 0 saturated heterocycles. The van der Waals surface area contributed by atoms with Crippen molar-refractivity contribution >= 4 is 28.5 Å². The number of ether oxygens (including phenoxy) is 2. The van der Waals surface area contributed by atoms with E-state index in [0.717, 1.165) is 5.56 Å². The fourth-order valence-electron chi connectivity index (χ4n) is 2.91. The Morgan fingerprint density at radius 2 is 1.82 bits per heavy atom. The zero-order chi connectivity index (χ0) is 20.3. The Hall–Kier alpha value is -3.41. The summed E-state index contributed by atoms with van der Waals surface area (Å²) in [7, 11) is 1.53. The maximum Gasteiger partial charge on any atom is 0.339 e. The molecule has 144 valence electrons. The maximum absolute atomic E-state index is 12.7. The number of amides is 1. The second-order valence-corrected chi connectivity index (χ2v) is 6.57. The Morgan fingerprint density at radius 1 is 1.07 bits per heavy atom. The molecule has 1 N–H and O–H groups in total. The molecule has 28 heavy (non-hydrogen) atoms. The molecule has 0 bridgehead atoms. The van der Waals surface area contributed by atoms with E-state index in [1.807, 2.05) is 38.1 Å². The number of hydrogen-bond donors (Lipinski definition) is 1. The number of nitrogens with one attached hydrogen (secondary N) is 1. The number of aryl methyl sites for hydroxylation is 2. The molecular weight excluding hydrogens is 356 g/mol. The summed E-state index contributed by atoms with van der Waals surface area (Å²) in [6.07, 6.45) is -0.982. The highest BCUT2D eigenvalue weighted by Crippen LogP contribution is 2.26. The normalized spacial score (nSPS) is 11.7. The molecule has 1 amide bonds. The average molecular weight is 378 g/mol. The van der Waals surface area contributed by atoms with E-state index in [-0.39, 0.29) is 0 Å². The van der Waals surface area contributed by atoms with Gasteiger partial charge in [-0.25, -0.2) is 4.79 Å². The lowest BCUT2D eigenvalue weighted by Crippen LogP contribution is -2.30. The van der Waals surface area contributed by atoms with Crippen molar-refractivity contribution < 1.29 is 19.1 Å². The first-order chi connectivity index (χ1) is 13.4. The van der Waals surface area contributed by atoms with Crippen LogP contribution < -0.4 is 10.1 Å². The van der Waals surface area contributed by atoms with Crippen LogP contribution in [0.5, 0.6) is 5.75 Å². The predicted octanol–water partition coefficient (Wildman–Crippen LogP) is 4.04. The van der Waals surface area contributed by atoms with Crippen LogP contribution in [0.4, 0.5) is 5.69 Å². The van der Waals surface area contributed by atoms with Gasteiger partial charge in [-0.1, -0.05) is 24.3 Å². The number of carbonyl (C=O) groups is 2. The molecule has 0 spiro atoms. The monoisotopic (exact) mass is 378 g/mol. The topological polar surface area (TPSA) is 77.5 Å². The number of nitrogens with zero attached hydrogens (tertiary/aromatic N) is 1. The second kappa shape index (κ2) is 8.08. The fraction of sp³-hybridized carbons (Fsp3) is 0.227. The minimum Gasteiger partial charge on any atom is -0.495 e. The van der Waals surface area contributed by atoms with Gasteiger partial charge in [0, 0.05) is 11.1 Å². The maximum atomic E-state index is 12.7. The van der Waals surface area contributed by atoms with Crippen LogP contribution >= 0.6 is 0 Å². The molecule has 6 heteroatoms. The summed E-state index contributed by atoms with van der Waals surface area (Å²) >= 11 is 0. The molecule has 0 fully saturated rings. The van der Waals surface area contributed by atoms with Crippen molar-refractivity contribution in [1.29, 1.82) is 0 Å². The van der Waals surface area contributed by atoms with Crippen molar-refractivity contribution in [2.24, 2.45) is 0 Å². The standard InChI is InChI=1S/C22H22N2O4/c1-13-9-10-20(27-4)19(11-13)24-21(25)15(3)28-22(26)17-12-14(2)23-18-8-6-5-7-16(17)18/h5-12,15H,1-4H3,(H,24,25)/t15-/m1/s1. The molecule has 6 nitrogen and oxygen atoms in total. The third-order valence-electron chi connectivity index (χ3n) is 4.33. The molecule has 0 aliphatic rings. The molecule has 0 aliphatic carbocycles. The smallest absolute Gasteiger partial charge is 0.339 e. The third-order valence-corrected chi connectivity index (χ3v) is 4.33. The van der Waals surface area contributed by atoms with Gasteiger partial charge in [0.15, 0.2) is 6.10 Å². The van der Waals surface area contributed by atoms with E-state index in [4.69, 9.17) is 9.47 Å². The molecule has 1 aromatic heterocycles. The van der Waals surface area contributed by atoms with Gasteiger partial charge in [-0.05, 0) is 50.6 Å². The SMILES string of the molecule is COc1ccc(C)cc1NC(=O)[C@@H](C)OC(=O)c1cc(C)nc2ccccc12. The lowest BCUT2D eigenvalue weighted by atomic mass is 10.1. The molecule has 0 aliphatic heterocycles. The summed E-state index contributed by atoms with van der Waals surface area (Å²) in [5, 5.41) is 3.44. The summed E-state index contributed by atoms with van der Waals surface area (Å²) in [4.78, 5) is 29.6. The van der Waals surface area contributed by atoms with Gasteiger partial charge in [0.1, 0.15) is 5.75 Å². The molecule has 1 atom stereocenters. The van der Waals surface area contributed by atoms with E-state index in [0.29, 0.717) is 33.6 Å². The van der Waals surface area contributed by atoms with Gasteiger partial charge < -0.3 is 14.8 Å². The van der Waals surface area contributed by atoms with E-state index in [1.165, 1.54) is 14.0 Å². The van der Waals surface area contributed by atoms with Crippen molar-refractivity contribution in [3.05, 3.63) is 65.4 Å². The quantitative estimate of drug-likeness (QED) is 0.678. The van der Waals surface area contributed by atoms with Gasteiger partial charge in [0.05, 0.1) is 23.9 Å². The number of methoxy groups -OCH3 is 1. The molecule has 1 heterocycles. The highest BCUT2D eigenvalue weighted by Gasteiger charge is 2.22. The first-order valence-corrected chi connectivity index (χ1v) is 8.92. The number of pyridine rings is 1. The second-order valence-electron chi connectivity index (χ2n) is 6.57. The summed E-state index contributed by atoms with van der Waals surface area (Å²) in [6, 6.07) is 14.4. The number of anilines is 1. The van der Waals surface area contributed by atoms with Crippen molar-refractivity contribution in [1.82, 2.24) is 4.98 Å². The largest absolute Gasteiger partial charge is 0.495 e. The average Bonchev–Trinajstić information content (AvgIpc) is 2.67. The molecule has 0 unspecified atom stereocenters. The van der Waals surface area contributed by atoms with Crippen molar-refractivity contribution in [2.45, 2.75) is 26.9 Å². The number of rotatable bonds is 5. The van der Waals surface area contributed by atoms with E-state index < -0.39 is 18.0 Å². The number of carbonyl (C=O) groups excluding carboxylic acids is 2. The minimum absolute atomic E-state index is 0.385. The Labute approximate surface area is 163 Å². The summed E-state index contributed by atoms with van der Waals surface area (Å²) < 4.78 is 10.7. The van der Waals surface area contributed by atoms with Crippen LogP contribution in [0.15, 0.2) is 48.5 Å². The van der Waals surface area contributed by atoms with Gasteiger partial charge in [0.2, 0.25) is 0 Å². The number of esters is 1. The third kappa shape index (κ3) is 4.11. The highest BCUT2D eigenvalue weighted by atomic mass is 16.5. The number of fused-ring (bicyclic) bond motifs is 1. The molecular formula is C22H22N2O4. The number of para-hydroxylation sites is 1. The summed E-state index contributed by atoms with van der Waals surface area (Å²) in [5.74, 6) is -0.471. The van der Waals surface area contributed by atoms with Gasteiger partial charge in [-0.3, -0.25) is 9.78 Å². The zero-order valence-corrected chi connectivity index (χ0v) is 16.3. The Morgan fingerprint density at radius 3 is 2.57 bits per heavy atom. The predicted molar refractivity (Wildman–Crippen MR) is 108 cm³/mol. The number of aromatic nitrogens is 1. The van der Waals surface area contributed by atoms with Crippen LogP contribution in [0.3, 0.4) is 0 Å². The molecule has 0 saturated carbocycles. The number of hydrogen-bond acceptors (Lipinski definition) is 5. The minimum atomic E-state index is -0.982. The lowest BCUT2D eigenvalue weighted by molar-refractivity contribution is -0.123. The first-order valence-electron chi connectivity index (χ1n) is 8.92. The Bertz CT molecular complexity index is 1050. The van der Waals surface area contributed by atoms with Gasteiger partial charge in [-0.15, -0.1) is 0 Å². The van der Waals surface area contributed by atoms with E-state index >= 15 is 0 Å². The fourth-order valence-corrected chi connectivity index (χ4v) is 2.91. The van der Waals surface area contributed by atoms with Crippen molar-refractivity contribution in [3.8, 4) is 5.75 Å². The van der Waals surface area contributed by atoms with Gasteiger partial charge >= 0.3 is 5.97 Å². The van der Waals surface area contributed by atoms with Crippen LogP contribution in [-0.4, -0.2) is 30.1 Å². The summed E-state index contributed by atoms with van der Waals surface area (Å²) in [5.41, 5.74) is 3.29. The van der Waals surface area contributed by atoms with Crippen LogP contribution in [0.2, 0.25) is 0 Å². The van der Waals surface area contributed by atoms with E-state index in [2.05, 4.69) is 10.3 Å². The number of benzene rings is 2. The Balaban J connectivity index is 1.78. The lowest BCUT2D eigenvalue weighted by Gasteiger charge is -2.16. The first kappa shape index (κ1) is 19.4. The Kier molecular flexibility index (Phi) is 5.59. The van der Waals surface area contributed by atoms with Gasteiger partial charge in [0.25, 0.3) is 5.91 Å². The molecule has 3 aromatic rings. The summed E-state index contributed by atoms with van der Waals surface area (Å²) in [6.45, 7) is 5.25. The van der Waals surface area contributed by atoms with Crippen molar-refractivity contribution in [2.75, 3.05) is 12.4 Å². The zero-order valence-electron chi connectivity index (χ0n) is 16.3. The molecule has 2 aromatic carbocycles. The van der Waals surface area contributed by atoms with E-state index in [1.54, 1.807) is 24.3 Å². The van der Waals surface area contributed by atoms with Crippen LogP contribution in [0, 0.1) is 13.8 Å². The molecule has 0 radical (unpaired) electrons. The van der Waals surface area contributed by atoms with Crippen molar-refractivity contribution in [3.63, 3.8) is 0 Å². The van der Waals surface area contributed by atoms with Crippen LogP contribution in [-0.2, 0) is 9.53 Å². The van der Waals surface area contributed by atoms with Crippen LogP contribution in [0.1, 0.15) is 28.5 Å². The van der Waals surface area contributed by atoms with E-state index in [9.17, 15) is 9.59 Å². The molecule has 3 rings (SSSR count). The van der Waals surface area contributed by atoms with Gasteiger partial charge in [-0.2, -0.15) is 0 Å². The van der Waals surface area contributed by atoms with Crippen LogP contribution in [0.25, 0.3) is 10.9 Å². The highest BCUT2D eigenvalue weighted by molar-refractivity contribution is 6.05.